The molecule has 5 amide bonds. The molecule has 0 aromatic heterocycles. The van der Waals surface area contributed by atoms with Gasteiger partial charge in [-0.1, -0.05) is 45.2 Å². The number of carbonyl (C=O) groups is 8. The molecule has 14 N–H and O–H groups in total. The van der Waals surface area contributed by atoms with E-state index in [1.807, 2.05) is 0 Å². The Morgan fingerprint density at radius 1 is 0.875 bits per heavy atom. The molecule has 2 aromatic rings. The molecule has 0 radical (unpaired) electrons. The predicted molar refractivity (Wildman–Crippen MR) is 251 cm³/mol. The number of phenolic OH excluding ortho intramolecular Hbond substituents is 2. The Bertz CT molecular complexity index is 2440. The summed E-state index contributed by atoms with van der Waals surface area (Å²) in [7, 11) is 1.27. The van der Waals surface area contributed by atoms with Crippen LogP contribution in [0, 0.1) is 11.8 Å². The number of ketones is 3. The van der Waals surface area contributed by atoms with Crippen molar-refractivity contribution in [1.82, 2.24) is 21.3 Å². The molecule has 1 heterocycles. The maximum atomic E-state index is 14.1. The van der Waals surface area contributed by atoms with Crippen molar-refractivity contribution in [3.63, 3.8) is 0 Å². The smallest absolute Gasteiger partial charge is 0.245 e. The van der Waals surface area contributed by atoms with Crippen molar-refractivity contribution in [3.8, 4) is 17.2 Å². The van der Waals surface area contributed by atoms with Crippen molar-refractivity contribution < 1.29 is 83.2 Å². The summed E-state index contributed by atoms with van der Waals surface area (Å²) in [5.74, 6) is -8.98. The van der Waals surface area contributed by atoms with E-state index in [9.17, 15) is 69.0 Å². The van der Waals surface area contributed by atoms with Crippen molar-refractivity contribution >= 4 is 46.9 Å². The number of benzene rings is 2. The van der Waals surface area contributed by atoms with E-state index in [1.54, 1.807) is 13.8 Å². The van der Waals surface area contributed by atoms with E-state index in [-0.39, 0.29) is 65.5 Å². The van der Waals surface area contributed by atoms with E-state index < -0.39 is 156 Å². The first-order valence-corrected chi connectivity index (χ1v) is 24.1. The summed E-state index contributed by atoms with van der Waals surface area (Å²) >= 11 is 0. The maximum absolute atomic E-state index is 14.1. The molecule has 2 aromatic carbocycles. The number of primary amides is 1. The van der Waals surface area contributed by atoms with E-state index >= 15 is 0 Å². The number of fused-ring (bicyclic) bond motifs is 3. The molecule has 394 valence electrons. The average Bonchev–Trinajstić information content (AvgIpc) is 3.34. The fourth-order valence-corrected chi connectivity index (χ4v) is 10.1. The highest BCUT2D eigenvalue weighted by molar-refractivity contribution is 6.31. The lowest BCUT2D eigenvalue weighted by Gasteiger charge is -2.43. The van der Waals surface area contributed by atoms with E-state index in [1.165, 1.54) is 32.2 Å². The van der Waals surface area contributed by atoms with Gasteiger partial charge in [0.1, 0.15) is 53.7 Å². The minimum absolute atomic E-state index is 0.00905. The van der Waals surface area contributed by atoms with Gasteiger partial charge < -0.3 is 77.6 Å². The number of ether oxygens (including phenoxy) is 3. The van der Waals surface area contributed by atoms with Crippen LogP contribution in [0.2, 0.25) is 0 Å². The van der Waals surface area contributed by atoms with Gasteiger partial charge in [-0.3, -0.25) is 38.4 Å². The summed E-state index contributed by atoms with van der Waals surface area (Å²) in [5, 5.41) is 77.0. The molecular formula is C49H66N6O17. The van der Waals surface area contributed by atoms with Gasteiger partial charge in [-0.2, -0.15) is 0 Å². The highest BCUT2D eigenvalue weighted by Crippen LogP contribution is 2.52. The van der Waals surface area contributed by atoms with Crippen LogP contribution >= 0.6 is 0 Å². The van der Waals surface area contributed by atoms with Crippen molar-refractivity contribution in [2.75, 3.05) is 20.3 Å². The quantitative estimate of drug-likeness (QED) is 0.0593. The molecule has 1 saturated carbocycles. The SMILES string of the molecule is COc1cccc2c1C(=O)c1c(O)c3c(c(O)c1C2=O)C[C@@](O)(C(=O)CO)C[C@@H]3OC1CC(NC(=O)C(CC(C)C)NC(=O)[C@H](CO)NC(=O)C(CCC(N)=O)NC(=O)[C@@H](N)C2CCCCC2)C(O)C(C)O1. The van der Waals surface area contributed by atoms with Gasteiger partial charge in [0.15, 0.2) is 17.9 Å². The fourth-order valence-electron chi connectivity index (χ4n) is 10.1. The van der Waals surface area contributed by atoms with Gasteiger partial charge in [0.25, 0.3) is 0 Å². The zero-order valence-corrected chi connectivity index (χ0v) is 40.6. The molecule has 1 aliphatic heterocycles. The second-order valence-electron chi connectivity index (χ2n) is 19.5. The molecule has 72 heavy (non-hydrogen) atoms. The average molecular weight is 1010 g/mol. The molecule has 2 fully saturated rings. The lowest BCUT2D eigenvalue weighted by molar-refractivity contribution is -0.249. The van der Waals surface area contributed by atoms with Crippen LogP contribution in [0.1, 0.15) is 134 Å². The number of aliphatic hydroxyl groups is 4. The third-order valence-electron chi connectivity index (χ3n) is 14.0. The Balaban J connectivity index is 1.21. The third kappa shape index (κ3) is 11.7. The summed E-state index contributed by atoms with van der Waals surface area (Å²) in [5.41, 5.74) is 7.01. The number of Topliss-reactive ketones (excluding diaryl/α,β-unsaturated/α-hetero) is 1. The monoisotopic (exact) mass is 1010 g/mol. The van der Waals surface area contributed by atoms with Crippen LogP contribution in [0.3, 0.4) is 0 Å². The van der Waals surface area contributed by atoms with E-state index in [4.69, 9.17) is 25.7 Å². The summed E-state index contributed by atoms with van der Waals surface area (Å²) in [4.78, 5) is 107. The number of nitrogens with two attached hydrogens (primary N) is 2. The zero-order chi connectivity index (χ0) is 52.9. The Labute approximate surface area is 414 Å². The number of amides is 5. The van der Waals surface area contributed by atoms with Gasteiger partial charge >= 0.3 is 0 Å². The fraction of sp³-hybridized carbons (Fsp3) is 0.592. The highest BCUT2D eigenvalue weighted by atomic mass is 16.7. The maximum Gasteiger partial charge on any atom is 0.245 e. The summed E-state index contributed by atoms with van der Waals surface area (Å²) < 4.78 is 17.6. The Hall–Kier alpha value is -6.08. The Morgan fingerprint density at radius 3 is 2.14 bits per heavy atom. The molecule has 4 aliphatic rings. The lowest BCUT2D eigenvalue weighted by atomic mass is 9.72. The number of aromatic hydroxyl groups is 2. The minimum atomic E-state index is -2.45. The van der Waals surface area contributed by atoms with Crippen molar-refractivity contribution in [1.29, 1.82) is 0 Å². The summed E-state index contributed by atoms with van der Waals surface area (Å²) in [6.45, 7) is 2.85. The molecule has 0 spiro atoms. The first kappa shape index (κ1) is 55.2. The van der Waals surface area contributed by atoms with E-state index in [0.717, 1.165) is 32.1 Å². The number of aliphatic hydroxyl groups excluding tert-OH is 3. The molecule has 0 bridgehead atoms. The normalized spacial score (nSPS) is 24.6. The second kappa shape index (κ2) is 23.2. The molecule has 6 unspecified atom stereocenters. The van der Waals surface area contributed by atoms with Crippen LogP contribution in [-0.2, 0) is 44.7 Å². The van der Waals surface area contributed by atoms with Crippen LogP contribution < -0.4 is 37.5 Å². The molecule has 23 heteroatoms. The van der Waals surface area contributed by atoms with Gasteiger partial charge in [-0.05, 0) is 50.5 Å². The number of hydrogen-bond donors (Lipinski definition) is 12. The van der Waals surface area contributed by atoms with Crippen LogP contribution in [0.5, 0.6) is 17.2 Å². The van der Waals surface area contributed by atoms with Gasteiger partial charge in [0, 0.05) is 42.4 Å². The highest BCUT2D eigenvalue weighted by Gasteiger charge is 2.51. The molecular weight excluding hydrogens is 945 g/mol. The number of methoxy groups -OCH3 is 1. The number of hydrogen-bond acceptors (Lipinski definition) is 18. The number of carbonyl (C=O) groups excluding carboxylic acids is 8. The first-order valence-electron chi connectivity index (χ1n) is 24.1. The standard InChI is InChI=1S/C49H66N6O17/c1-21(2)15-28(54-47(67)29(19-56)55-45(65)26(13-14-33(50)59)52-48(68)39(51)23-9-6-5-7-10-23)46(66)53-27-16-34(71-22(3)40(27)60)72-31-18-49(69,32(58)20-57)17-25-36(31)44(64)38-37(42(25)62)41(61)24-11-8-12-30(70-4)35(24)43(38)63/h8,11-12,21-23,26-29,31,34,39-40,56-57,60,62,64,69H,5-7,9-10,13-20,51H2,1-4H3,(H2,50,59)(H,52,68)(H,53,66)(H,54,67)(H,55,65)/t22?,26?,27?,28?,29-,31-,34?,39-,40?,49-/m0/s1. The topological polar surface area (TPSA) is 386 Å². The van der Waals surface area contributed by atoms with Gasteiger partial charge in [-0.15, -0.1) is 0 Å². The van der Waals surface area contributed by atoms with Crippen LogP contribution in [0.4, 0.5) is 0 Å². The van der Waals surface area contributed by atoms with Crippen LogP contribution in [0.25, 0.3) is 0 Å². The van der Waals surface area contributed by atoms with Gasteiger partial charge in [0.2, 0.25) is 35.3 Å². The Morgan fingerprint density at radius 2 is 1.51 bits per heavy atom. The lowest BCUT2D eigenvalue weighted by Crippen LogP contribution is -2.61. The number of rotatable bonds is 20. The summed E-state index contributed by atoms with van der Waals surface area (Å²) in [6, 6.07) is -2.30. The zero-order valence-electron chi connectivity index (χ0n) is 40.6. The van der Waals surface area contributed by atoms with Crippen molar-refractivity contribution in [2.45, 2.75) is 152 Å². The van der Waals surface area contributed by atoms with E-state index in [0.29, 0.717) is 0 Å². The van der Waals surface area contributed by atoms with Crippen molar-refractivity contribution in [2.24, 2.45) is 23.3 Å². The molecule has 23 nitrogen and oxygen atoms in total. The molecule has 3 aliphatic carbocycles. The molecule has 10 atom stereocenters. The number of phenols is 2. The largest absolute Gasteiger partial charge is 0.507 e. The number of nitrogens with one attached hydrogen (secondary N) is 4. The third-order valence-corrected chi connectivity index (χ3v) is 14.0. The van der Waals surface area contributed by atoms with E-state index in [2.05, 4.69) is 21.3 Å². The predicted octanol–water partition coefficient (Wildman–Crippen LogP) is -1.18. The molecule has 1 saturated heterocycles. The van der Waals surface area contributed by atoms with Crippen molar-refractivity contribution in [3.05, 3.63) is 51.6 Å². The second-order valence-corrected chi connectivity index (χ2v) is 19.5. The molecule has 6 rings (SSSR count). The minimum Gasteiger partial charge on any atom is -0.507 e. The Kier molecular flexibility index (Phi) is 17.8. The first-order chi connectivity index (χ1) is 34.0. The summed E-state index contributed by atoms with van der Waals surface area (Å²) in [6.07, 6.45) is -3.58. The van der Waals surface area contributed by atoms with Crippen LogP contribution in [0.15, 0.2) is 18.2 Å². The van der Waals surface area contributed by atoms with Gasteiger partial charge in [0.05, 0.1) is 54.7 Å². The van der Waals surface area contributed by atoms with Crippen LogP contribution in [-0.4, -0.2) is 152 Å². The van der Waals surface area contributed by atoms with Gasteiger partial charge in [-0.25, -0.2) is 0 Å².